The number of nitrogens with two attached hydrogens (primary N) is 1. The van der Waals surface area contributed by atoms with Gasteiger partial charge in [-0.3, -0.25) is 0 Å². The number of hydrogen-bond donors (Lipinski definition) is 3. The predicted octanol–water partition coefficient (Wildman–Crippen LogP) is 3.32. The van der Waals surface area contributed by atoms with Crippen molar-refractivity contribution in [1.82, 2.24) is 9.97 Å². The zero-order chi connectivity index (χ0) is 13.9. The summed E-state index contributed by atoms with van der Waals surface area (Å²) in [6.45, 7) is 2.97. The number of aromatic nitrogens is 2. The van der Waals surface area contributed by atoms with Crippen LogP contribution in [-0.4, -0.2) is 9.97 Å². The number of H-pyrrole nitrogens is 1. The number of imidazole rings is 1. The van der Waals surface area contributed by atoms with E-state index >= 15 is 0 Å². The van der Waals surface area contributed by atoms with Crippen molar-refractivity contribution < 1.29 is 0 Å². The molecule has 0 aliphatic rings. The third kappa shape index (κ3) is 2.59. The number of aromatic amines is 1. The summed E-state index contributed by atoms with van der Waals surface area (Å²) in [5.41, 5.74) is 11.2. The van der Waals surface area contributed by atoms with E-state index in [0.29, 0.717) is 5.95 Å². The van der Waals surface area contributed by atoms with E-state index in [-0.39, 0.29) is 0 Å². The highest BCUT2D eigenvalue weighted by molar-refractivity contribution is 5.80. The number of hydrogen-bond acceptors (Lipinski definition) is 3. The summed E-state index contributed by atoms with van der Waals surface area (Å²) in [4.78, 5) is 7.22. The molecule has 3 rings (SSSR count). The summed E-state index contributed by atoms with van der Waals surface area (Å²) < 4.78 is 0. The Balaban J connectivity index is 1.72. The van der Waals surface area contributed by atoms with Crippen LogP contribution in [0.4, 0.5) is 11.6 Å². The maximum atomic E-state index is 5.65. The van der Waals surface area contributed by atoms with Crippen molar-refractivity contribution in [2.45, 2.75) is 19.9 Å². The Morgan fingerprint density at radius 1 is 1.10 bits per heavy atom. The molecule has 102 valence electrons. The Hall–Kier alpha value is -2.49. The maximum Gasteiger partial charge on any atom is 0.198 e. The van der Waals surface area contributed by atoms with E-state index in [1.54, 1.807) is 0 Å². The van der Waals surface area contributed by atoms with E-state index in [9.17, 15) is 0 Å². The molecular formula is C16H18N4. The summed E-state index contributed by atoms with van der Waals surface area (Å²) in [7, 11) is 0. The molecule has 0 saturated heterocycles. The highest BCUT2D eigenvalue weighted by atomic mass is 15.0. The second-order valence-electron chi connectivity index (χ2n) is 4.88. The van der Waals surface area contributed by atoms with Gasteiger partial charge in [-0.25, -0.2) is 4.98 Å². The molecule has 0 unspecified atom stereocenters. The topological polar surface area (TPSA) is 66.7 Å². The fourth-order valence-electron chi connectivity index (χ4n) is 2.24. The lowest BCUT2D eigenvalue weighted by Crippen LogP contribution is -1.99. The zero-order valence-electron chi connectivity index (χ0n) is 11.5. The van der Waals surface area contributed by atoms with E-state index in [1.807, 2.05) is 18.2 Å². The summed E-state index contributed by atoms with van der Waals surface area (Å²) in [5, 5.41) is 3.41. The van der Waals surface area contributed by atoms with Gasteiger partial charge in [0.15, 0.2) is 5.95 Å². The van der Waals surface area contributed by atoms with Gasteiger partial charge in [0.05, 0.1) is 11.0 Å². The molecule has 2 aromatic carbocycles. The Labute approximate surface area is 118 Å². The smallest absolute Gasteiger partial charge is 0.198 e. The Bertz CT molecular complexity index is 713. The fraction of sp³-hybridized carbons (Fsp3) is 0.188. The molecule has 0 fully saturated rings. The van der Waals surface area contributed by atoms with Crippen molar-refractivity contribution >= 4 is 22.7 Å². The van der Waals surface area contributed by atoms with Gasteiger partial charge in [-0.15, -0.1) is 0 Å². The minimum absolute atomic E-state index is 0.451. The van der Waals surface area contributed by atoms with Crippen molar-refractivity contribution in [3.63, 3.8) is 0 Å². The first-order valence-corrected chi connectivity index (χ1v) is 6.81. The quantitative estimate of drug-likeness (QED) is 0.678. The largest absolute Gasteiger partial charge is 0.381 e. The summed E-state index contributed by atoms with van der Waals surface area (Å²) in [5.74, 6) is 0.451. The summed E-state index contributed by atoms with van der Waals surface area (Å²) in [6, 6.07) is 14.7. The van der Waals surface area contributed by atoms with E-state index < -0.39 is 0 Å². The van der Waals surface area contributed by atoms with Crippen LogP contribution in [0.2, 0.25) is 0 Å². The molecule has 0 radical (unpaired) electrons. The molecule has 20 heavy (non-hydrogen) atoms. The third-order valence-electron chi connectivity index (χ3n) is 3.43. The molecule has 0 amide bonds. The first-order chi connectivity index (χ1) is 9.74. The normalized spacial score (nSPS) is 10.8. The van der Waals surface area contributed by atoms with Crippen LogP contribution in [-0.2, 0) is 13.0 Å². The average molecular weight is 266 g/mol. The van der Waals surface area contributed by atoms with Crippen molar-refractivity contribution in [2.24, 2.45) is 0 Å². The number of rotatable bonds is 4. The summed E-state index contributed by atoms with van der Waals surface area (Å²) >= 11 is 0. The van der Waals surface area contributed by atoms with Gasteiger partial charge in [-0.1, -0.05) is 31.2 Å². The lowest BCUT2D eigenvalue weighted by atomic mass is 10.1. The minimum atomic E-state index is 0.451. The van der Waals surface area contributed by atoms with Crippen LogP contribution in [0.5, 0.6) is 0 Å². The Kier molecular flexibility index (Phi) is 3.29. The Morgan fingerprint density at radius 2 is 1.85 bits per heavy atom. The highest BCUT2D eigenvalue weighted by Gasteiger charge is 2.01. The monoisotopic (exact) mass is 266 g/mol. The molecule has 0 saturated carbocycles. The molecule has 0 bridgehead atoms. The van der Waals surface area contributed by atoms with E-state index in [4.69, 9.17) is 5.73 Å². The van der Waals surface area contributed by atoms with Gasteiger partial charge in [0.1, 0.15) is 0 Å². The van der Waals surface area contributed by atoms with Gasteiger partial charge in [0.25, 0.3) is 0 Å². The second kappa shape index (κ2) is 5.25. The van der Waals surface area contributed by atoms with Crippen LogP contribution in [0.3, 0.4) is 0 Å². The first-order valence-electron chi connectivity index (χ1n) is 6.81. The van der Waals surface area contributed by atoms with Gasteiger partial charge < -0.3 is 16.0 Å². The molecule has 3 aromatic rings. The minimum Gasteiger partial charge on any atom is -0.381 e. The number of nitrogens with zero attached hydrogens (tertiary/aromatic N) is 1. The second-order valence-corrected chi connectivity index (χ2v) is 4.88. The van der Waals surface area contributed by atoms with Crippen molar-refractivity contribution in [2.75, 3.05) is 11.1 Å². The number of aryl methyl sites for hydroxylation is 1. The molecule has 4 nitrogen and oxygen atoms in total. The summed E-state index contributed by atoms with van der Waals surface area (Å²) in [6.07, 6.45) is 1.08. The molecule has 4 heteroatoms. The SMILES string of the molecule is CCc1ccc(CNc2ccc3nc(N)[nH]c3c2)cc1. The number of anilines is 2. The van der Waals surface area contributed by atoms with Gasteiger partial charge in [-0.05, 0) is 35.7 Å². The Morgan fingerprint density at radius 3 is 2.60 bits per heavy atom. The first kappa shape index (κ1) is 12.5. The van der Waals surface area contributed by atoms with Crippen LogP contribution >= 0.6 is 0 Å². The number of fused-ring (bicyclic) bond motifs is 1. The van der Waals surface area contributed by atoms with E-state index in [2.05, 4.69) is 46.5 Å². The maximum absolute atomic E-state index is 5.65. The molecule has 1 heterocycles. The standard InChI is InChI=1S/C16H18N4/c1-2-11-3-5-12(6-4-11)10-18-13-7-8-14-15(9-13)20-16(17)19-14/h3-9,18H,2,10H2,1H3,(H3,17,19,20). The van der Waals surface area contributed by atoms with Crippen molar-refractivity contribution in [3.05, 3.63) is 53.6 Å². The van der Waals surface area contributed by atoms with Crippen LogP contribution in [0, 0.1) is 0 Å². The van der Waals surface area contributed by atoms with Gasteiger partial charge in [0.2, 0.25) is 0 Å². The molecule has 0 atom stereocenters. The predicted molar refractivity (Wildman–Crippen MR) is 83.7 cm³/mol. The molecule has 1 aromatic heterocycles. The van der Waals surface area contributed by atoms with Crippen molar-refractivity contribution in [3.8, 4) is 0 Å². The van der Waals surface area contributed by atoms with Crippen LogP contribution in [0.25, 0.3) is 11.0 Å². The van der Waals surface area contributed by atoms with Crippen LogP contribution in [0.15, 0.2) is 42.5 Å². The number of nitrogens with one attached hydrogen (secondary N) is 2. The molecule has 4 N–H and O–H groups in total. The molecular weight excluding hydrogens is 248 g/mol. The van der Waals surface area contributed by atoms with Crippen molar-refractivity contribution in [1.29, 1.82) is 0 Å². The molecule has 0 spiro atoms. The zero-order valence-corrected chi connectivity index (χ0v) is 11.5. The molecule has 0 aliphatic carbocycles. The fourth-order valence-corrected chi connectivity index (χ4v) is 2.24. The van der Waals surface area contributed by atoms with Crippen LogP contribution < -0.4 is 11.1 Å². The van der Waals surface area contributed by atoms with E-state index in [1.165, 1.54) is 11.1 Å². The van der Waals surface area contributed by atoms with E-state index in [0.717, 1.165) is 29.7 Å². The average Bonchev–Trinajstić information content (AvgIpc) is 2.85. The number of benzene rings is 2. The molecule has 0 aliphatic heterocycles. The third-order valence-corrected chi connectivity index (χ3v) is 3.43. The lowest BCUT2D eigenvalue weighted by Gasteiger charge is -2.07. The lowest BCUT2D eigenvalue weighted by molar-refractivity contribution is 1.11. The van der Waals surface area contributed by atoms with Gasteiger partial charge >= 0.3 is 0 Å². The highest BCUT2D eigenvalue weighted by Crippen LogP contribution is 2.18. The van der Waals surface area contributed by atoms with Crippen LogP contribution in [0.1, 0.15) is 18.1 Å². The number of nitrogen functional groups attached to an aromatic ring is 1. The van der Waals surface area contributed by atoms with Gasteiger partial charge in [0, 0.05) is 12.2 Å². The van der Waals surface area contributed by atoms with Gasteiger partial charge in [-0.2, -0.15) is 0 Å².